The van der Waals surface area contributed by atoms with Crippen molar-refractivity contribution in [3.05, 3.63) is 131 Å². The number of rotatable bonds is 12. The van der Waals surface area contributed by atoms with E-state index < -0.39 is 13.7 Å². The minimum Gasteiger partial charge on any atom is -0.497 e. The number of methoxy groups -OCH3 is 1. The monoisotopic (exact) mass is 791 g/mol. The largest absolute Gasteiger partial charge is 0.497 e. The first-order valence-corrected chi connectivity index (χ1v) is 22.5. The quantitative estimate of drug-likeness (QED) is 0.136. The highest BCUT2D eigenvalue weighted by Gasteiger charge is 2.66. The number of fused-ring (bicyclic) bond motifs is 2. The van der Waals surface area contributed by atoms with Gasteiger partial charge in [-0.2, -0.15) is 0 Å². The van der Waals surface area contributed by atoms with Crippen molar-refractivity contribution in [3.8, 4) is 5.75 Å². The number of amides is 2. The van der Waals surface area contributed by atoms with Crippen LogP contribution < -0.4 is 19.7 Å². The highest BCUT2D eigenvalue weighted by atomic mass is 35.5. The molecule has 5 atom stereocenters. The number of benzene rings is 4. The van der Waals surface area contributed by atoms with Gasteiger partial charge in [0.15, 0.2) is 5.60 Å². The van der Waals surface area contributed by atoms with Crippen LogP contribution in [0.3, 0.4) is 0 Å². The highest BCUT2D eigenvalue weighted by molar-refractivity contribution is 6.91. The number of aromatic nitrogens is 3. The standard InChI is InChI=1S/C43H46ClN5O6Si/c1-28-40(56(3,4)34-16-14-33(53-2)15-17-34)39(19-20-47-26-37(45-46-47)35(27-50)30-10-6-5-7-11-30)55-43(28)36-24-31(44)13-18-38(36)49(41(43)51)25-29-9-8-12-32(23-29)48-21-22-54-42(48)52/h5-18,23-24,26,28,35,39-40,50H,19-22,25,27H2,1-4H3/t28-,35?,39+,40-,43+/m0/s1. The molecule has 2 fully saturated rings. The second-order valence-electron chi connectivity index (χ2n) is 15.5. The summed E-state index contributed by atoms with van der Waals surface area (Å²) in [5.74, 6) is 0.145. The SMILES string of the molecule is COc1ccc([Si](C)(C)[C@@H]2[C@@H](CCn3cc(C(CO)c4ccccc4)nn3)O[C@]3(C(=O)N(Cc4cccc(N5CCOC5=O)c4)c4ccc(Cl)cc43)[C@H]2C)cc1. The number of aliphatic hydroxyl groups excluding tert-OH is 1. The lowest BCUT2D eigenvalue weighted by Gasteiger charge is -2.37. The number of ether oxygens (including phenoxy) is 3. The zero-order valence-corrected chi connectivity index (χ0v) is 33.7. The molecule has 5 aromatic rings. The summed E-state index contributed by atoms with van der Waals surface area (Å²) >= 11 is 6.73. The Kier molecular flexibility index (Phi) is 10.2. The summed E-state index contributed by atoms with van der Waals surface area (Å²) in [5, 5.41) is 21.0. The maximum atomic E-state index is 15.3. The predicted molar refractivity (Wildman–Crippen MR) is 217 cm³/mol. The Balaban J connectivity index is 1.15. The first-order chi connectivity index (χ1) is 27.0. The molecule has 13 heteroatoms. The summed E-state index contributed by atoms with van der Waals surface area (Å²) in [6, 6.07) is 31.4. The van der Waals surface area contributed by atoms with Crippen molar-refractivity contribution in [2.45, 2.75) is 62.7 Å². The molecule has 4 heterocycles. The topological polar surface area (TPSA) is 119 Å². The number of carbonyl (C=O) groups excluding carboxylic acids is 2. The molecule has 4 aromatic carbocycles. The number of hydrogen-bond donors (Lipinski definition) is 1. The van der Waals surface area contributed by atoms with Gasteiger partial charge < -0.3 is 24.2 Å². The minimum absolute atomic E-state index is 0.00799. The molecule has 0 bridgehead atoms. The van der Waals surface area contributed by atoms with E-state index in [1.807, 2.05) is 101 Å². The van der Waals surface area contributed by atoms with Gasteiger partial charge in [0, 0.05) is 34.9 Å². The van der Waals surface area contributed by atoms with Gasteiger partial charge in [0.25, 0.3) is 5.91 Å². The fourth-order valence-electron chi connectivity index (χ4n) is 9.24. The Morgan fingerprint density at radius 3 is 2.52 bits per heavy atom. The van der Waals surface area contributed by atoms with Crippen molar-refractivity contribution in [1.29, 1.82) is 0 Å². The summed E-state index contributed by atoms with van der Waals surface area (Å²) in [4.78, 5) is 31.1. The van der Waals surface area contributed by atoms with Crippen molar-refractivity contribution in [3.63, 3.8) is 0 Å². The fraction of sp³-hybridized carbons (Fsp3) is 0.349. The van der Waals surface area contributed by atoms with Gasteiger partial charge >= 0.3 is 6.09 Å². The van der Waals surface area contributed by atoms with E-state index in [-0.39, 0.29) is 48.6 Å². The molecule has 0 aliphatic carbocycles. The molecular weight excluding hydrogens is 746 g/mol. The average molecular weight is 792 g/mol. The van der Waals surface area contributed by atoms with Gasteiger partial charge in [-0.1, -0.05) is 96.6 Å². The predicted octanol–water partition coefficient (Wildman–Crippen LogP) is 6.87. The molecule has 11 nitrogen and oxygen atoms in total. The molecular formula is C43H46ClN5O6Si. The summed E-state index contributed by atoms with van der Waals surface area (Å²) in [7, 11) is -0.738. The van der Waals surface area contributed by atoms with Gasteiger partial charge in [0.1, 0.15) is 12.4 Å². The van der Waals surface area contributed by atoms with Crippen LogP contribution >= 0.6 is 11.6 Å². The third kappa shape index (κ3) is 6.57. The van der Waals surface area contributed by atoms with Crippen LogP contribution in [-0.2, 0) is 33.0 Å². The van der Waals surface area contributed by atoms with Crippen LogP contribution in [0.25, 0.3) is 0 Å². The van der Waals surface area contributed by atoms with E-state index in [0.29, 0.717) is 36.8 Å². The molecule has 0 saturated carbocycles. The van der Waals surface area contributed by atoms with E-state index in [1.165, 1.54) is 5.19 Å². The molecule has 290 valence electrons. The summed E-state index contributed by atoms with van der Waals surface area (Å²) in [6.07, 6.45) is 1.79. The van der Waals surface area contributed by atoms with Crippen LogP contribution in [0, 0.1) is 5.92 Å². The van der Waals surface area contributed by atoms with Crippen molar-refractivity contribution in [2.24, 2.45) is 5.92 Å². The van der Waals surface area contributed by atoms with E-state index >= 15 is 4.79 Å². The molecule has 1 N–H and O–H groups in total. The number of cyclic esters (lactones) is 1. The molecule has 1 unspecified atom stereocenters. The van der Waals surface area contributed by atoms with Crippen molar-refractivity contribution in [2.75, 3.05) is 36.7 Å². The molecule has 8 rings (SSSR count). The Bertz CT molecular complexity index is 2240. The van der Waals surface area contributed by atoms with E-state index in [1.54, 1.807) is 12.0 Å². The molecule has 1 aromatic heterocycles. The number of halogens is 1. The van der Waals surface area contributed by atoms with Gasteiger partial charge in [0.05, 0.1) is 58.3 Å². The number of aryl methyl sites for hydroxylation is 1. The number of carbonyl (C=O) groups is 2. The average Bonchev–Trinajstić information content (AvgIpc) is 3.98. The summed E-state index contributed by atoms with van der Waals surface area (Å²) in [5.41, 5.74) is 3.51. The first-order valence-electron chi connectivity index (χ1n) is 19.1. The number of aliphatic hydroxyl groups is 1. The lowest BCUT2D eigenvalue weighted by atomic mass is 9.82. The lowest BCUT2D eigenvalue weighted by Crippen LogP contribution is -2.51. The number of anilines is 2. The second kappa shape index (κ2) is 15.1. The van der Waals surface area contributed by atoms with Crippen LogP contribution in [-0.4, -0.2) is 73.1 Å². The summed E-state index contributed by atoms with van der Waals surface area (Å²) in [6.45, 7) is 8.39. The third-order valence-corrected chi connectivity index (χ3v) is 16.7. The fourth-order valence-corrected chi connectivity index (χ4v) is 13.5. The number of nitrogens with zero attached hydrogens (tertiary/aromatic N) is 5. The Hall–Kier alpha value is -5.01. The molecule has 2 amide bonds. The van der Waals surface area contributed by atoms with Crippen molar-refractivity contribution in [1.82, 2.24) is 15.0 Å². The molecule has 0 radical (unpaired) electrons. The van der Waals surface area contributed by atoms with Crippen molar-refractivity contribution >= 4 is 48.2 Å². The third-order valence-electron chi connectivity index (χ3n) is 12.1. The molecule has 1 spiro atoms. The molecule has 3 aliphatic rings. The Morgan fingerprint density at radius 2 is 1.80 bits per heavy atom. The van der Waals surface area contributed by atoms with Crippen LogP contribution in [0.1, 0.15) is 41.6 Å². The summed E-state index contributed by atoms with van der Waals surface area (Å²) < 4.78 is 19.8. The van der Waals surface area contributed by atoms with E-state index in [9.17, 15) is 9.90 Å². The normalized spacial score (nSPS) is 22.5. The van der Waals surface area contributed by atoms with Crippen LogP contribution in [0.15, 0.2) is 103 Å². The smallest absolute Gasteiger partial charge is 0.414 e. The minimum atomic E-state index is -2.40. The van der Waals surface area contributed by atoms with Crippen molar-refractivity contribution < 1.29 is 28.9 Å². The first kappa shape index (κ1) is 37.9. The molecule has 56 heavy (non-hydrogen) atoms. The maximum absolute atomic E-state index is 15.3. The zero-order valence-electron chi connectivity index (χ0n) is 32.0. The van der Waals surface area contributed by atoms with Gasteiger partial charge in [-0.25, -0.2) is 4.79 Å². The van der Waals surface area contributed by atoms with Crippen LogP contribution in [0.2, 0.25) is 23.7 Å². The molecule has 3 aliphatic heterocycles. The van der Waals surface area contributed by atoms with Gasteiger partial charge in [-0.05, 0) is 65.6 Å². The van der Waals surface area contributed by atoms with E-state index in [0.717, 1.165) is 33.8 Å². The second-order valence-corrected chi connectivity index (χ2v) is 20.6. The van der Waals surface area contributed by atoms with Crippen LogP contribution in [0.4, 0.5) is 16.2 Å². The Morgan fingerprint density at radius 1 is 1.02 bits per heavy atom. The van der Waals surface area contributed by atoms with Gasteiger partial charge in [-0.15, -0.1) is 5.10 Å². The zero-order chi connectivity index (χ0) is 39.2. The lowest BCUT2D eigenvalue weighted by molar-refractivity contribution is -0.146. The molecule has 2 saturated heterocycles. The highest BCUT2D eigenvalue weighted by Crippen LogP contribution is 2.60. The van der Waals surface area contributed by atoms with E-state index in [4.69, 9.17) is 25.8 Å². The van der Waals surface area contributed by atoms with Gasteiger partial charge in [-0.3, -0.25) is 14.4 Å². The Labute approximate surface area is 332 Å². The maximum Gasteiger partial charge on any atom is 0.414 e. The van der Waals surface area contributed by atoms with E-state index in [2.05, 4.69) is 42.5 Å². The van der Waals surface area contributed by atoms with Crippen LogP contribution in [0.5, 0.6) is 5.75 Å². The number of hydrogen-bond acceptors (Lipinski definition) is 8. The van der Waals surface area contributed by atoms with Gasteiger partial charge in [0.2, 0.25) is 0 Å².